The minimum Gasteiger partial charge on any atom is -0.370 e. The minimum absolute atomic E-state index is 0. The van der Waals surface area contributed by atoms with Crippen LogP contribution in [0.25, 0.3) is 0 Å². The zero-order valence-corrected chi connectivity index (χ0v) is 18.5. The Labute approximate surface area is 181 Å². The van der Waals surface area contributed by atoms with Crippen molar-refractivity contribution in [2.75, 3.05) is 18.4 Å². The fraction of sp³-hybridized carbons (Fsp3) is 0.278. The summed E-state index contributed by atoms with van der Waals surface area (Å²) in [6, 6.07) is 12.3. The molecule has 0 fully saturated rings. The van der Waals surface area contributed by atoms with Crippen molar-refractivity contribution in [1.29, 1.82) is 0 Å². The molecule has 146 valence electrons. The monoisotopic (exact) mass is 520 g/mol. The SMILES string of the molecule is I.NC(=NCCNS(=O)(=O)c1cccc(Cl)c1)Nc1ccc2c(c1)CCC2. The van der Waals surface area contributed by atoms with Gasteiger partial charge in [0.15, 0.2) is 5.96 Å². The molecule has 0 amide bonds. The number of nitrogens with zero attached hydrogens (tertiary/aromatic N) is 1. The van der Waals surface area contributed by atoms with E-state index in [0.717, 1.165) is 18.5 Å². The van der Waals surface area contributed by atoms with Gasteiger partial charge in [-0.1, -0.05) is 23.7 Å². The van der Waals surface area contributed by atoms with Crippen LogP contribution < -0.4 is 15.8 Å². The molecule has 0 atom stereocenters. The third-order valence-corrected chi connectivity index (χ3v) is 5.86. The van der Waals surface area contributed by atoms with E-state index in [1.54, 1.807) is 12.1 Å². The Kier molecular flexibility index (Phi) is 7.90. The number of anilines is 1. The molecule has 0 heterocycles. The van der Waals surface area contributed by atoms with Crippen LogP contribution in [0.1, 0.15) is 17.5 Å². The molecule has 9 heteroatoms. The Hall–Kier alpha value is -1.36. The Balaban J connectivity index is 0.00000261. The summed E-state index contributed by atoms with van der Waals surface area (Å²) in [6.07, 6.45) is 3.41. The van der Waals surface area contributed by atoms with E-state index < -0.39 is 10.0 Å². The second kappa shape index (κ2) is 9.72. The van der Waals surface area contributed by atoms with Crippen LogP contribution in [0.2, 0.25) is 5.02 Å². The molecule has 2 aromatic rings. The molecule has 0 bridgehead atoms. The standard InChI is InChI=1S/C18H21ClN4O2S.HI/c19-15-5-2-6-17(12-15)26(24,25)22-10-9-21-18(20)23-16-8-7-13-3-1-4-14(13)11-16;/h2,5-8,11-12,22H,1,3-4,9-10H2,(H3,20,21,23);1H. The molecule has 0 radical (unpaired) electrons. The summed E-state index contributed by atoms with van der Waals surface area (Å²) in [5.41, 5.74) is 9.51. The van der Waals surface area contributed by atoms with Crippen LogP contribution in [0.4, 0.5) is 5.69 Å². The van der Waals surface area contributed by atoms with E-state index in [9.17, 15) is 8.42 Å². The lowest BCUT2D eigenvalue weighted by Crippen LogP contribution is -2.28. The molecule has 0 aliphatic heterocycles. The van der Waals surface area contributed by atoms with Gasteiger partial charge in [0, 0.05) is 17.3 Å². The van der Waals surface area contributed by atoms with E-state index >= 15 is 0 Å². The first-order chi connectivity index (χ1) is 12.4. The van der Waals surface area contributed by atoms with E-state index in [2.05, 4.69) is 27.2 Å². The van der Waals surface area contributed by atoms with Crippen LogP contribution in [-0.4, -0.2) is 27.5 Å². The van der Waals surface area contributed by atoms with Gasteiger partial charge >= 0.3 is 0 Å². The number of hydrogen-bond donors (Lipinski definition) is 3. The molecule has 0 saturated heterocycles. The predicted octanol–water partition coefficient (Wildman–Crippen LogP) is 3.15. The average molecular weight is 521 g/mol. The van der Waals surface area contributed by atoms with E-state index in [1.807, 2.05) is 6.07 Å². The van der Waals surface area contributed by atoms with Crippen molar-refractivity contribution in [3.63, 3.8) is 0 Å². The van der Waals surface area contributed by atoms with Gasteiger partial charge in [-0.25, -0.2) is 13.1 Å². The molecule has 2 aromatic carbocycles. The van der Waals surface area contributed by atoms with Crippen LogP contribution in [0.15, 0.2) is 52.4 Å². The molecule has 27 heavy (non-hydrogen) atoms. The molecular formula is C18H22ClIN4O2S. The van der Waals surface area contributed by atoms with Crippen molar-refractivity contribution >= 4 is 57.2 Å². The van der Waals surface area contributed by atoms with Crippen molar-refractivity contribution in [3.05, 3.63) is 58.6 Å². The average Bonchev–Trinajstić information content (AvgIpc) is 3.06. The highest BCUT2D eigenvalue weighted by Gasteiger charge is 2.13. The van der Waals surface area contributed by atoms with Crippen LogP contribution in [-0.2, 0) is 22.9 Å². The van der Waals surface area contributed by atoms with E-state index in [-0.39, 0.29) is 47.9 Å². The third kappa shape index (κ3) is 6.06. The number of aryl methyl sites for hydroxylation is 2. The number of aliphatic imine (C=N–C) groups is 1. The Morgan fingerprint density at radius 1 is 1.15 bits per heavy atom. The lowest BCUT2D eigenvalue weighted by molar-refractivity contribution is 0.582. The molecular weight excluding hydrogens is 499 g/mol. The maximum Gasteiger partial charge on any atom is 0.240 e. The van der Waals surface area contributed by atoms with Crippen molar-refractivity contribution in [2.45, 2.75) is 24.2 Å². The number of fused-ring (bicyclic) bond motifs is 1. The number of halogens is 2. The summed E-state index contributed by atoms with van der Waals surface area (Å²) >= 11 is 5.83. The molecule has 6 nitrogen and oxygen atoms in total. The van der Waals surface area contributed by atoms with Gasteiger partial charge < -0.3 is 11.1 Å². The summed E-state index contributed by atoms with van der Waals surface area (Å²) in [4.78, 5) is 4.28. The van der Waals surface area contributed by atoms with Gasteiger partial charge in [-0.15, -0.1) is 24.0 Å². The highest BCUT2D eigenvalue weighted by atomic mass is 127. The number of guanidine groups is 1. The Bertz CT molecular complexity index is 935. The van der Waals surface area contributed by atoms with Gasteiger partial charge in [-0.05, 0) is 60.7 Å². The molecule has 1 aliphatic rings. The maximum absolute atomic E-state index is 12.2. The number of rotatable bonds is 6. The van der Waals surface area contributed by atoms with Gasteiger partial charge in [-0.3, -0.25) is 4.99 Å². The van der Waals surface area contributed by atoms with Crippen molar-refractivity contribution in [2.24, 2.45) is 10.7 Å². The molecule has 0 spiro atoms. The van der Waals surface area contributed by atoms with Gasteiger partial charge in [0.2, 0.25) is 10.0 Å². The molecule has 4 N–H and O–H groups in total. The van der Waals surface area contributed by atoms with Gasteiger partial charge in [-0.2, -0.15) is 0 Å². The zero-order chi connectivity index (χ0) is 18.6. The maximum atomic E-state index is 12.2. The quantitative estimate of drug-likeness (QED) is 0.236. The van der Waals surface area contributed by atoms with Crippen LogP contribution in [0.5, 0.6) is 0 Å². The van der Waals surface area contributed by atoms with Crippen LogP contribution in [0, 0.1) is 0 Å². The number of hydrogen-bond acceptors (Lipinski definition) is 3. The molecule has 0 unspecified atom stereocenters. The number of nitrogens with two attached hydrogens (primary N) is 1. The summed E-state index contributed by atoms with van der Waals surface area (Å²) in [6.45, 7) is 0.366. The Morgan fingerprint density at radius 3 is 2.70 bits per heavy atom. The fourth-order valence-corrected chi connectivity index (χ4v) is 4.23. The molecule has 0 saturated carbocycles. The molecule has 3 rings (SSSR count). The van der Waals surface area contributed by atoms with Crippen molar-refractivity contribution in [3.8, 4) is 0 Å². The lowest BCUT2D eigenvalue weighted by atomic mass is 10.1. The van der Waals surface area contributed by atoms with Crippen molar-refractivity contribution < 1.29 is 8.42 Å². The second-order valence-corrected chi connectivity index (χ2v) is 8.29. The third-order valence-electron chi connectivity index (χ3n) is 4.16. The topological polar surface area (TPSA) is 96.6 Å². The molecule has 0 aromatic heterocycles. The van der Waals surface area contributed by atoms with Gasteiger partial charge in [0.05, 0.1) is 11.4 Å². The first-order valence-electron chi connectivity index (χ1n) is 8.38. The van der Waals surface area contributed by atoms with E-state index in [1.165, 1.54) is 29.7 Å². The summed E-state index contributed by atoms with van der Waals surface area (Å²) in [5, 5.41) is 3.41. The largest absolute Gasteiger partial charge is 0.370 e. The number of benzene rings is 2. The predicted molar refractivity (Wildman–Crippen MR) is 121 cm³/mol. The zero-order valence-electron chi connectivity index (χ0n) is 14.6. The van der Waals surface area contributed by atoms with Crippen LogP contribution >= 0.6 is 35.6 Å². The minimum atomic E-state index is -3.61. The van der Waals surface area contributed by atoms with Crippen molar-refractivity contribution in [1.82, 2.24) is 4.72 Å². The summed E-state index contributed by atoms with van der Waals surface area (Å²) < 4.78 is 26.8. The van der Waals surface area contributed by atoms with E-state index in [0.29, 0.717) is 5.02 Å². The first-order valence-corrected chi connectivity index (χ1v) is 10.2. The number of sulfonamides is 1. The Morgan fingerprint density at radius 2 is 1.93 bits per heavy atom. The first kappa shape index (κ1) is 21.9. The smallest absolute Gasteiger partial charge is 0.240 e. The van der Waals surface area contributed by atoms with Crippen LogP contribution in [0.3, 0.4) is 0 Å². The normalized spacial score (nSPS) is 13.7. The fourth-order valence-electron chi connectivity index (χ4n) is 2.91. The summed E-state index contributed by atoms with van der Waals surface area (Å²) in [7, 11) is -3.61. The second-order valence-electron chi connectivity index (χ2n) is 6.08. The highest BCUT2D eigenvalue weighted by molar-refractivity contribution is 14.0. The van der Waals surface area contributed by atoms with Gasteiger partial charge in [0.25, 0.3) is 0 Å². The van der Waals surface area contributed by atoms with Gasteiger partial charge in [0.1, 0.15) is 0 Å². The summed E-state index contributed by atoms with van der Waals surface area (Å²) in [5.74, 6) is 0.255. The van der Waals surface area contributed by atoms with E-state index in [4.69, 9.17) is 17.3 Å². The number of nitrogens with one attached hydrogen (secondary N) is 2. The molecule has 1 aliphatic carbocycles. The highest BCUT2D eigenvalue weighted by Crippen LogP contribution is 2.24. The lowest BCUT2D eigenvalue weighted by Gasteiger charge is -2.09.